The molecule has 1 fully saturated rings. The maximum absolute atomic E-state index is 9.58. The molecule has 0 aliphatic carbocycles. The van der Waals surface area contributed by atoms with Gasteiger partial charge in [0.2, 0.25) is 5.96 Å². The van der Waals surface area contributed by atoms with Crippen molar-refractivity contribution in [3.05, 3.63) is 12.4 Å². The first-order chi connectivity index (χ1) is 7.61. The van der Waals surface area contributed by atoms with E-state index in [1.54, 1.807) is 4.90 Å². The van der Waals surface area contributed by atoms with Gasteiger partial charge < -0.3 is 20.7 Å². The van der Waals surface area contributed by atoms with Crippen molar-refractivity contribution in [3.8, 4) is 0 Å². The van der Waals surface area contributed by atoms with Gasteiger partial charge in [0, 0.05) is 6.42 Å². The predicted octanol–water partition coefficient (Wildman–Crippen LogP) is -1.42. The summed E-state index contributed by atoms with van der Waals surface area (Å²) in [4.78, 5) is 9.29. The number of ether oxygens (including phenoxy) is 1. The minimum atomic E-state index is -0.695. The van der Waals surface area contributed by atoms with Gasteiger partial charge in [-0.05, 0) is 0 Å². The number of nitrogens with zero attached hydrogens (tertiary/aromatic N) is 3. The number of rotatable bonds is 2. The van der Waals surface area contributed by atoms with Gasteiger partial charge in [0.05, 0.1) is 12.7 Å². The van der Waals surface area contributed by atoms with Crippen molar-refractivity contribution in [1.82, 2.24) is 4.90 Å². The molecule has 7 nitrogen and oxygen atoms in total. The Morgan fingerprint density at radius 3 is 3.00 bits per heavy atom. The lowest BCUT2D eigenvalue weighted by Crippen LogP contribution is -2.36. The van der Waals surface area contributed by atoms with Crippen LogP contribution in [0.1, 0.15) is 6.42 Å². The fraction of sp³-hybridized carbons (Fsp3) is 0.556. The lowest BCUT2D eigenvalue weighted by molar-refractivity contribution is -0.0501. The van der Waals surface area contributed by atoms with Crippen LogP contribution in [0.5, 0.6) is 0 Å². The Labute approximate surface area is 92.5 Å². The lowest BCUT2D eigenvalue weighted by atomic mass is 10.2. The molecular weight excluding hydrogens is 212 g/mol. The maximum Gasteiger partial charge on any atom is 0.223 e. The molecule has 0 aromatic carbocycles. The van der Waals surface area contributed by atoms with Crippen LogP contribution in [0.2, 0.25) is 0 Å². The Balaban J connectivity index is 2.06. The molecule has 1 saturated heterocycles. The van der Waals surface area contributed by atoms with Gasteiger partial charge in [0.15, 0.2) is 0 Å². The van der Waals surface area contributed by atoms with Gasteiger partial charge in [-0.25, -0.2) is 4.99 Å². The van der Waals surface area contributed by atoms with Crippen LogP contribution in [0, 0.1) is 0 Å². The Morgan fingerprint density at radius 2 is 2.44 bits per heavy atom. The first-order valence-electron chi connectivity index (χ1n) is 4.92. The number of hydrogen-bond acceptors (Lipinski definition) is 7. The summed E-state index contributed by atoms with van der Waals surface area (Å²) in [6.45, 7) is 3.49. The molecule has 0 aromatic rings. The van der Waals surface area contributed by atoms with Crippen molar-refractivity contribution >= 4 is 12.3 Å². The van der Waals surface area contributed by atoms with E-state index in [1.165, 1.54) is 6.34 Å². The molecule has 0 radical (unpaired) electrons. The highest BCUT2D eigenvalue weighted by Crippen LogP contribution is 2.25. The highest BCUT2D eigenvalue weighted by atomic mass is 16.5. The molecule has 0 spiro atoms. The summed E-state index contributed by atoms with van der Waals surface area (Å²) in [5, 5.41) is 18.5. The second kappa shape index (κ2) is 4.20. The van der Waals surface area contributed by atoms with Crippen molar-refractivity contribution in [1.29, 1.82) is 0 Å². The van der Waals surface area contributed by atoms with E-state index >= 15 is 0 Å². The maximum atomic E-state index is 9.58. The molecule has 1 unspecified atom stereocenters. The second-order valence-corrected chi connectivity index (χ2v) is 3.65. The van der Waals surface area contributed by atoms with Crippen molar-refractivity contribution < 1.29 is 14.9 Å². The van der Waals surface area contributed by atoms with Gasteiger partial charge >= 0.3 is 0 Å². The van der Waals surface area contributed by atoms with Crippen LogP contribution in [-0.2, 0) is 4.74 Å². The zero-order valence-electron chi connectivity index (χ0n) is 8.65. The molecule has 0 bridgehead atoms. The van der Waals surface area contributed by atoms with Gasteiger partial charge in [0.25, 0.3) is 0 Å². The molecule has 7 heteroatoms. The van der Waals surface area contributed by atoms with E-state index in [0.29, 0.717) is 12.2 Å². The quantitative estimate of drug-likeness (QED) is 0.536. The fourth-order valence-corrected chi connectivity index (χ4v) is 1.70. The van der Waals surface area contributed by atoms with E-state index < -0.39 is 18.4 Å². The van der Waals surface area contributed by atoms with E-state index in [1.807, 2.05) is 0 Å². The van der Waals surface area contributed by atoms with Crippen LogP contribution in [0.3, 0.4) is 0 Å². The molecule has 2 heterocycles. The topological polar surface area (TPSA) is 104 Å². The largest absolute Gasteiger partial charge is 0.394 e. The Bertz CT molecular complexity index is 355. The van der Waals surface area contributed by atoms with Crippen LogP contribution < -0.4 is 5.73 Å². The summed E-state index contributed by atoms with van der Waals surface area (Å²) in [7, 11) is 0. The van der Waals surface area contributed by atoms with Gasteiger partial charge in [-0.3, -0.25) is 4.90 Å². The van der Waals surface area contributed by atoms with Crippen molar-refractivity contribution in [2.75, 3.05) is 6.61 Å². The molecule has 2 aliphatic heterocycles. The van der Waals surface area contributed by atoms with E-state index in [2.05, 4.69) is 16.6 Å². The minimum Gasteiger partial charge on any atom is -0.394 e. The summed E-state index contributed by atoms with van der Waals surface area (Å²) in [5.74, 6) is 0.543. The summed E-state index contributed by atoms with van der Waals surface area (Å²) >= 11 is 0. The van der Waals surface area contributed by atoms with E-state index in [4.69, 9.17) is 15.6 Å². The Hall–Kier alpha value is -1.44. The Kier molecular flexibility index (Phi) is 2.90. The van der Waals surface area contributed by atoms with Crippen LogP contribution in [0.25, 0.3) is 0 Å². The number of nitrogens with two attached hydrogens (primary N) is 1. The van der Waals surface area contributed by atoms with Crippen molar-refractivity contribution in [3.63, 3.8) is 0 Å². The molecule has 0 saturated carbocycles. The van der Waals surface area contributed by atoms with Gasteiger partial charge in [-0.15, -0.1) is 0 Å². The summed E-state index contributed by atoms with van der Waals surface area (Å²) in [6, 6.07) is 0. The third kappa shape index (κ3) is 1.92. The number of aliphatic hydroxyl groups is 2. The standard InChI is InChI=1S/C9H14N4O3/c1-5-12-9(10)11-4-13(5)8-2-6(15)7(3-14)16-8/h4,6-8,14-15H,1-3H2,(H2,10,12)/t6?,7-,8-/m1/s1. The molecule has 2 rings (SSSR count). The predicted molar refractivity (Wildman–Crippen MR) is 57.5 cm³/mol. The van der Waals surface area contributed by atoms with Crippen molar-refractivity contribution in [2.24, 2.45) is 15.7 Å². The molecule has 0 amide bonds. The number of guanidine groups is 1. The smallest absolute Gasteiger partial charge is 0.223 e. The summed E-state index contributed by atoms with van der Waals surface area (Å²) < 4.78 is 5.43. The molecule has 0 aromatic heterocycles. The van der Waals surface area contributed by atoms with Crippen LogP contribution in [-0.4, -0.2) is 52.5 Å². The first-order valence-corrected chi connectivity index (χ1v) is 4.92. The first kappa shape index (κ1) is 11.1. The lowest BCUT2D eigenvalue weighted by Gasteiger charge is -2.27. The molecule has 88 valence electrons. The van der Waals surface area contributed by atoms with Gasteiger partial charge in [0.1, 0.15) is 24.5 Å². The van der Waals surface area contributed by atoms with Gasteiger partial charge in [-0.2, -0.15) is 4.99 Å². The highest BCUT2D eigenvalue weighted by molar-refractivity contribution is 5.89. The average molecular weight is 226 g/mol. The average Bonchev–Trinajstić information content (AvgIpc) is 2.59. The fourth-order valence-electron chi connectivity index (χ4n) is 1.70. The van der Waals surface area contributed by atoms with Crippen LogP contribution in [0.15, 0.2) is 22.4 Å². The second-order valence-electron chi connectivity index (χ2n) is 3.65. The van der Waals surface area contributed by atoms with Crippen LogP contribution in [0.4, 0.5) is 0 Å². The van der Waals surface area contributed by atoms with E-state index in [-0.39, 0.29) is 12.6 Å². The summed E-state index contributed by atoms with van der Waals surface area (Å²) in [6.07, 6.45) is 0.141. The zero-order chi connectivity index (χ0) is 11.7. The highest BCUT2D eigenvalue weighted by Gasteiger charge is 2.37. The molecule has 4 N–H and O–H groups in total. The van der Waals surface area contributed by atoms with Gasteiger partial charge in [-0.1, -0.05) is 6.58 Å². The third-order valence-corrected chi connectivity index (χ3v) is 2.55. The van der Waals surface area contributed by atoms with E-state index in [9.17, 15) is 5.11 Å². The molecule has 2 aliphatic rings. The molecule has 16 heavy (non-hydrogen) atoms. The zero-order valence-corrected chi connectivity index (χ0v) is 8.65. The SMILES string of the molecule is C=C1N=C(N)N=CN1[C@H]1CC(O)[C@@H](CO)O1. The minimum absolute atomic E-state index is 0.138. The van der Waals surface area contributed by atoms with Crippen molar-refractivity contribution in [2.45, 2.75) is 24.9 Å². The van der Waals surface area contributed by atoms with Crippen LogP contribution >= 0.6 is 0 Å². The third-order valence-electron chi connectivity index (χ3n) is 2.55. The number of hydrogen-bond donors (Lipinski definition) is 3. The normalized spacial score (nSPS) is 34.4. The Morgan fingerprint density at radius 1 is 1.69 bits per heavy atom. The van der Waals surface area contributed by atoms with E-state index in [0.717, 1.165) is 0 Å². The monoisotopic (exact) mass is 226 g/mol. The number of aliphatic imine (C=N–C) groups is 2. The summed E-state index contributed by atoms with van der Waals surface area (Å²) in [5.41, 5.74) is 5.40. The molecule has 3 atom stereocenters. The molecular formula is C9H14N4O3. The number of aliphatic hydroxyl groups excluding tert-OH is 2.